The Bertz CT molecular complexity index is 609. The summed E-state index contributed by atoms with van der Waals surface area (Å²) < 4.78 is 0. The van der Waals surface area contributed by atoms with Gasteiger partial charge in [0.05, 0.1) is 11.4 Å². The van der Waals surface area contributed by atoms with E-state index in [9.17, 15) is 0 Å². The molecule has 1 aromatic heterocycles. The third-order valence-corrected chi connectivity index (χ3v) is 4.44. The molecule has 1 fully saturated rings. The molecule has 5 heteroatoms. The summed E-state index contributed by atoms with van der Waals surface area (Å²) in [7, 11) is 0. The predicted molar refractivity (Wildman–Crippen MR) is 92.0 cm³/mol. The Balaban J connectivity index is 1.52. The summed E-state index contributed by atoms with van der Waals surface area (Å²) >= 11 is 5.96. The third-order valence-electron chi connectivity index (χ3n) is 4.14. The topological polar surface area (TPSA) is 54.2 Å². The van der Waals surface area contributed by atoms with Crippen LogP contribution >= 0.6 is 11.6 Å². The van der Waals surface area contributed by atoms with E-state index in [2.05, 4.69) is 45.5 Å². The van der Waals surface area contributed by atoms with Gasteiger partial charge in [-0.3, -0.25) is 4.90 Å². The van der Waals surface area contributed by atoms with Gasteiger partial charge in [-0.1, -0.05) is 41.9 Å². The van der Waals surface area contributed by atoms with Gasteiger partial charge in [0.25, 0.3) is 0 Å². The lowest BCUT2D eigenvalue weighted by molar-refractivity contribution is 0.211. The second kappa shape index (κ2) is 6.99. The fraction of sp³-hybridized carbons (Fsp3) is 0.353. The first kappa shape index (κ1) is 15.1. The van der Waals surface area contributed by atoms with Gasteiger partial charge in [-0.05, 0) is 24.5 Å². The highest BCUT2D eigenvalue weighted by Crippen LogP contribution is 2.27. The van der Waals surface area contributed by atoms with E-state index >= 15 is 0 Å². The van der Waals surface area contributed by atoms with Crippen LogP contribution in [0.15, 0.2) is 42.6 Å². The summed E-state index contributed by atoms with van der Waals surface area (Å²) in [6, 6.07) is 12.9. The van der Waals surface area contributed by atoms with Gasteiger partial charge in [0.2, 0.25) is 0 Å². The fourth-order valence-electron chi connectivity index (χ4n) is 2.87. The number of halogens is 1. The van der Waals surface area contributed by atoms with Crippen LogP contribution < -0.4 is 11.1 Å². The molecule has 0 amide bonds. The van der Waals surface area contributed by atoms with Gasteiger partial charge in [0.1, 0.15) is 0 Å². The van der Waals surface area contributed by atoms with E-state index in [-0.39, 0.29) is 0 Å². The molecule has 22 heavy (non-hydrogen) atoms. The van der Waals surface area contributed by atoms with E-state index in [4.69, 9.17) is 17.3 Å². The minimum Gasteiger partial charge on any atom is -0.395 e. The lowest BCUT2D eigenvalue weighted by atomic mass is 10.0. The highest BCUT2D eigenvalue weighted by atomic mass is 35.5. The van der Waals surface area contributed by atoms with Gasteiger partial charge in [-0.25, -0.2) is 4.98 Å². The summed E-state index contributed by atoms with van der Waals surface area (Å²) in [6.07, 6.45) is 3.89. The van der Waals surface area contributed by atoms with Crippen LogP contribution in [0.1, 0.15) is 18.4 Å². The monoisotopic (exact) mass is 316 g/mol. The van der Waals surface area contributed by atoms with Gasteiger partial charge in [-0.15, -0.1) is 0 Å². The van der Waals surface area contributed by atoms with Crippen molar-refractivity contribution in [3.8, 4) is 0 Å². The van der Waals surface area contributed by atoms with Crippen molar-refractivity contribution in [2.45, 2.75) is 25.4 Å². The average Bonchev–Trinajstić information content (AvgIpc) is 2.55. The van der Waals surface area contributed by atoms with E-state index < -0.39 is 0 Å². The van der Waals surface area contributed by atoms with E-state index in [0.29, 0.717) is 16.9 Å². The Morgan fingerprint density at radius 1 is 1.18 bits per heavy atom. The van der Waals surface area contributed by atoms with Crippen LogP contribution in [0.25, 0.3) is 0 Å². The summed E-state index contributed by atoms with van der Waals surface area (Å²) in [4.78, 5) is 6.48. The van der Waals surface area contributed by atoms with E-state index in [1.165, 1.54) is 5.56 Å². The van der Waals surface area contributed by atoms with Crippen molar-refractivity contribution in [1.82, 2.24) is 9.88 Å². The lowest BCUT2D eigenvalue weighted by Gasteiger charge is -2.33. The molecule has 1 saturated heterocycles. The number of nitrogens with zero attached hydrogens (tertiary/aromatic N) is 2. The Morgan fingerprint density at radius 2 is 1.91 bits per heavy atom. The number of aromatic nitrogens is 1. The maximum Gasteiger partial charge on any atom is 0.153 e. The number of hydrogen-bond acceptors (Lipinski definition) is 4. The zero-order valence-electron chi connectivity index (χ0n) is 12.5. The second-order valence-corrected chi connectivity index (χ2v) is 6.10. The van der Waals surface area contributed by atoms with Gasteiger partial charge in [-0.2, -0.15) is 0 Å². The first-order valence-corrected chi connectivity index (χ1v) is 8.03. The molecular formula is C17H21ClN4. The maximum absolute atomic E-state index is 5.96. The van der Waals surface area contributed by atoms with Crippen LogP contribution in [0.2, 0.25) is 5.15 Å². The molecule has 116 valence electrons. The summed E-state index contributed by atoms with van der Waals surface area (Å²) in [5.41, 5.74) is 8.76. The van der Waals surface area contributed by atoms with Gasteiger partial charge >= 0.3 is 0 Å². The van der Waals surface area contributed by atoms with Crippen molar-refractivity contribution in [3.63, 3.8) is 0 Å². The number of rotatable bonds is 4. The van der Waals surface area contributed by atoms with Gasteiger partial charge in [0, 0.05) is 31.9 Å². The minimum absolute atomic E-state index is 0.367. The molecule has 4 nitrogen and oxygen atoms in total. The highest BCUT2D eigenvalue weighted by Gasteiger charge is 2.20. The number of likely N-dealkylation sites (tertiary alicyclic amines) is 1. The Morgan fingerprint density at radius 3 is 2.64 bits per heavy atom. The molecule has 0 bridgehead atoms. The van der Waals surface area contributed by atoms with E-state index in [1.54, 1.807) is 6.20 Å². The first-order valence-electron chi connectivity index (χ1n) is 7.65. The Kier molecular flexibility index (Phi) is 4.80. The van der Waals surface area contributed by atoms with Crippen LogP contribution in [0.4, 0.5) is 11.4 Å². The van der Waals surface area contributed by atoms with Crippen LogP contribution in [0.5, 0.6) is 0 Å². The number of piperidine rings is 1. The van der Waals surface area contributed by atoms with Crippen LogP contribution in [0.3, 0.4) is 0 Å². The maximum atomic E-state index is 5.96. The average molecular weight is 317 g/mol. The third kappa shape index (κ3) is 3.70. The normalized spacial score (nSPS) is 16.6. The molecule has 1 aromatic carbocycles. The summed E-state index contributed by atoms with van der Waals surface area (Å²) in [6.45, 7) is 3.20. The first-order chi connectivity index (χ1) is 10.7. The molecule has 0 aliphatic carbocycles. The zero-order valence-corrected chi connectivity index (χ0v) is 13.3. The largest absolute Gasteiger partial charge is 0.395 e. The predicted octanol–water partition coefficient (Wildman–Crippen LogP) is 3.39. The molecule has 3 rings (SSSR count). The Labute approximate surface area is 136 Å². The van der Waals surface area contributed by atoms with Crippen LogP contribution in [-0.2, 0) is 6.54 Å². The highest BCUT2D eigenvalue weighted by molar-refractivity contribution is 6.32. The molecule has 0 atom stereocenters. The number of nitrogen functional groups attached to an aromatic ring is 1. The number of hydrogen-bond donors (Lipinski definition) is 2. The molecule has 1 aliphatic rings. The molecule has 3 N–H and O–H groups in total. The van der Waals surface area contributed by atoms with E-state index in [1.807, 2.05) is 6.07 Å². The van der Waals surface area contributed by atoms with Gasteiger partial charge < -0.3 is 11.1 Å². The second-order valence-electron chi connectivity index (χ2n) is 5.74. The minimum atomic E-state index is 0.367. The molecular weight excluding hydrogens is 296 g/mol. The van der Waals surface area contributed by atoms with Crippen LogP contribution in [0, 0.1) is 0 Å². The molecule has 0 spiro atoms. The van der Waals surface area contributed by atoms with Crippen molar-refractivity contribution >= 4 is 23.0 Å². The number of anilines is 2. The summed E-state index contributed by atoms with van der Waals surface area (Å²) in [5.74, 6) is 0. The van der Waals surface area contributed by atoms with Crippen molar-refractivity contribution in [2.24, 2.45) is 0 Å². The fourth-order valence-corrected chi connectivity index (χ4v) is 3.03. The molecule has 2 heterocycles. The molecule has 0 radical (unpaired) electrons. The van der Waals surface area contributed by atoms with Crippen molar-refractivity contribution in [2.75, 3.05) is 24.1 Å². The SMILES string of the molecule is Nc1c(NC2CCN(Cc3ccccc3)CC2)ccnc1Cl. The Hall–Kier alpha value is -1.78. The molecule has 0 saturated carbocycles. The smallest absolute Gasteiger partial charge is 0.153 e. The zero-order chi connectivity index (χ0) is 15.4. The van der Waals surface area contributed by atoms with Crippen LogP contribution in [-0.4, -0.2) is 29.0 Å². The number of pyridine rings is 1. The number of nitrogens with one attached hydrogen (secondary N) is 1. The molecule has 1 aliphatic heterocycles. The lowest BCUT2D eigenvalue weighted by Crippen LogP contribution is -2.38. The molecule has 2 aromatic rings. The number of nitrogens with two attached hydrogens (primary N) is 1. The van der Waals surface area contributed by atoms with Crippen molar-refractivity contribution < 1.29 is 0 Å². The van der Waals surface area contributed by atoms with Crippen molar-refractivity contribution in [3.05, 3.63) is 53.3 Å². The van der Waals surface area contributed by atoms with E-state index in [0.717, 1.165) is 38.2 Å². The quantitative estimate of drug-likeness (QED) is 0.849. The van der Waals surface area contributed by atoms with Crippen molar-refractivity contribution in [1.29, 1.82) is 0 Å². The summed E-state index contributed by atoms with van der Waals surface area (Å²) in [5, 5.41) is 3.87. The standard InChI is InChI=1S/C17H21ClN4/c18-17-16(19)15(6-9-20-17)21-14-7-10-22(11-8-14)12-13-4-2-1-3-5-13/h1-6,9,14H,7-8,10-12,19H2,(H,20,21). The molecule has 0 unspecified atom stereocenters. The van der Waals surface area contributed by atoms with Gasteiger partial charge in [0.15, 0.2) is 5.15 Å². The number of benzene rings is 1.